The Labute approximate surface area is 133 Å². The van der Waals surface area contributed by atoms with Gasteiger partial charge < -0.3 is 9.64 Å². The Morgan fingerprint density at radius 3 is 2.23 bits per heavy atom. The molecule has 2 saturated carbocycles. The van der Waals surface area contributed by atoms with Gasteiger partial charge in [0, 0.05) is 38.1 Å². The van der Waals surface area contributed by atoms with E-state index in [0.29, 0.717) is 30.1 Å². The van der Waals surface area contributed by atoms with Gasteiger partial charge in [0.2, 0.25) is 5.91 Å². The minimum atomic E-state index is -0.159. The lowest BCUT2D eigenvalue weighted by atomic mass is 10.0. The smallest absolute Gasteiger partial charge is 0.307 e. The number of carbonyl (C=O) groups is 2. The summed E-state index contributed by atoms with van der Waals surface area (Å²) in [4.78, 5) is 28.4. The van der Waals surface area contributed by atoms with Gasteiger partial charge in [-0.3, -0.25) is 14.5 Å². The molecule has 0 aromatic heterocycles. The van der Waals surface area contributed by atoms with Crippen LogP contribution >= 0.6 is 0 Å². The molecule has 2 aliphatic carbocycles. The number of hydrogen-bond acceptors (Lipinski definition) is 4. The minimum absolute atomic E-state index is 0.159. The second kappa shape index (κ2) is 6.57. The molecule has 1 heterocycles. The Bertz CT molecular complexity index is 420. The summed E-state index contributed by atoms with van der Waals surface area (Å²) in [5.74, 6) is 1.96. The molecule has 5 nitrogen and oxygen atoms in total. The van der Waals surface area contributed by atoms with E-state index in [9.17, 15) is 9.59 Å². The lowest BCUT2D eigenvalue weighted by Crippen LogP contribution is -2.52. The van der Waals surface area contributed by atoms with Gasteiger partial charge in [-0.15, -0.1) is 0 Å². The van der Waals surface area contributed by atoms with Crippen molar-refractivity contribution in [3.63, 3.8) is 0 Å². The molecule has 3 fully saturated rings. The third kappa shape index (κ3) is 3.14. The summed E-state index contributed by atoms with van der Waals surface area (Å²) in [6.45, 7) is 5.41. The predicted octanol–water partition coefficient (Wildman–Crippen LogP) is 1.52. The number of esters is 1. The summed E-state index contributed by atoms with van der Waals surface area (Å²) in [5.41, 5.74) is 0. The van der Waals surface area contributed by atoms with Crippen molar-refractivity contribution in [1.82, 2.24) is 9.80 Å². The molecule has 0 aromatic carbocycles. The van der Waals surface area contributed by atoms with Gasteiger partial charge in [-0.25, -0.2) is 0 Å². The molecule has 22 heavy (non-hydrogen) atoms. The highest BCUT2D eigenvalue weighted by atomic mass is 16.5. The molecule has 3 aliphatic rings. The largest absolute Gasteiger partial charge is 0.469 e. The molecule has 1 unspecified atom stereocenters. The van der Waals surface area contributed by atoms with E-state index in [0.717, 1.165) is 26.2 Å². The molecule has 5 heteroatoms. The van der Waals surface area contributed by atoms with Crippen LogP contribution in [0.25, 0.3) is 0 Å². The normalized spacial score (nSPS) is 33.0. The average Bonchev–Trinajstić information content (AvgIpc) is 3.28. The van der Waals surface area contributed by atoms with Crippen molar-refractivity contribution in [2.75, 3.05) is 33.3 Å². The molecule has 0 N–H and O–H groups in total. The van der Waals surface area contributed by atoms with E-state index >= 15 is 0 Å². The van der Waals surface area contributed by atoms with Crippen LogP contribution in [0.1, 0.15) is 39.0 Å². The summed E-state index contributed by atoms with van der Waals surface area (Å²) in [7, 11) is 1.43. The maximum atomic E-state index is 12.7. The summed E-state index contributed by atoms with van der Waals surface area (Å²) >= 11 is 0. The molecule has 0 radical (unpaired) electrons. The van der Waals surface area contributed by atoms with Gasteiger partial charge in [-0.05, 0) is 31.6 Å². The van der Waals surface area contributed by atoms with E-state index in [-0.39, 0.29) is 12.0 Å². The third-order valence-corrected chi connectivity index (χ3v) is 5.88. The van der Waals surface area contributed by atoms with Crippen molar-refractivity contribution in [1.29, 1.82) is 0 Å². The van der Waals surface area contributed by atoms with Crippen LogP contribution in [0.4, 0.5) is 0 Å². The van der Waals surface area contributed by atoms with Gasteiger partial charge in [0.1, 0.15) is 0 Å². The van der Waals surface area contributed by atoms with Gasteiger partial charge in [0.25, 0.3) is 0 Å². The number of fused-ring (bicyclic) bond motifs is 1. The molecule has 124 valence electrons. The van der Waals surface area contributed by atoms with Crippen molar-refractivity contribution >= 4 is 11.9 Å². The van der Waals surface area contributed by atoms with Gasteiger partial charge in [-0.2, -0.15) is 0 Å². The van der Waals surface area contributed by atoms with Crippen molar-refractivity contribution in [3.05, 3.63) is 0 Å². The molecule has 0 spiro atoms. The highest BCUT2D eigenvalue weighted by molar-refractivity contribution is 5.82. The van der Waals surface area contributed by atoms with E-state index in [1.165, 1.54) is 32.8 Å². The summed E-state index contributed by atoms with van der Waals surface area (Å²) in [5, 5.41) is 0. The Morgan fingerprint density at radius 1 is 1.09 bits per heavy atom. The molecule has 1 amide bonds. The monoisotopic (exact) mass is 308 g/mol. The van der Waals surface area contributed by atoms with Crippen molar-refractivity contribution in [2.24, 2.45) is 17.8 Å². The lowest BCUT2D eigenvalue weighted by molar-refractivity contribution is -0.143. The number of ether oxygens (including phenoxy) is 1. The number of amides is 1. The van der Waals surface area contributed by atoms with E-state index in [2.05, 4.69) is 16.7 Å². The average molecular weight is 308 g/mol. The summed E-state index contributed by atoms with van der Waals surface area (Å²) in [6, 6.07) is 0.188. The van der Waals surface area contributed by atoms with Crippen LogP contribution in [0.15, 0.2) is 0 Å². The zero-order valence-corrected chi connectivity index (χ0v) is 13.8. The maximum Gasteiger partial charge on any atom is 0.307 e. The van der Waals surface area contributed by atoms with Crippen molar-refractivity contribution in [2.45, 2.75) is 45.1 Å². The van der Waals surface area contributed by atoms with Crippen LogP contribution in [0, 0.1) is 17.8 Å². The van der Waals surface area contributed by atoms with Crippen LogP contribution in [0.5, 0.6) is 0 Å². The highest BCUT2D eigenvalue weighted by Crippen LogP contribution is 2.56. The van der Waals surface area contributed by atoms with Crippen LogP contribution in [-0.4, -0.2) is 61.0 Å². The minimum Gasteiger partial charge on any atom is -0.469 e. The lowest BCUT2D eigenvalue weighted by Gasteiger charge is -2.38. The van der Waals surface area contributed by atoms with Crippen molar-refractivity contribution in [3.8, 4) is 0 Å². The van der Waals surface area contributed by atoms with Gasteiger partial charge in [0.05, 0.1) is 13.5 Å². The molecular formula is C17H28N2O3. The maximum absolute atomic E-state index is 12.7. The topological polar surface area (TPSA) is 49.9 Å². The SMILES string of the molecule is COC(=O)C[C@@H](C)N1CCN(C(=O)C2[C@H]3CCCC[C@@H]23)CC1. The first kappa shape index (κ1) is 15.8. The summed E-state index contributed by atoms with van der Waals surface area (Å²) < 4.78 is 4.73. The van der Waals surface area contributed by atoms with Gasteiger partial charge >= 0.3 is 5.97 Å². The molecule has 1 aliphatic heterocycles. The fourth-order valence-electron chi connectivity index (χ4n) is 4.41. The number of nitrogens with zero attached hydrogens (tertiary/aromatic N) is 2. The zero-order chi connectivity index (χ0) is 15.7. The van der Waals surface area contributed by atoms with E-state index in [1.807, 2.05) is 0 Å². The molecule has 1 saturated heterocycles. The molecule has 0 aromatic rings. The molecular weight excluding hydrogens is 280 g/mol. The summed E-state index contributed by atoms with van der Waals surface area (Å²) in [6.07, 6.45) is 5.57. The van der Waals surface area contributed by atoms with Crippen LogP contribution in [0.2, 0.25) is 0 Å². The van der Waals surface area contributed by atoms with E-state index < -0.39 is 0 Å². The second-order valence-electron chi connectivity index (χ2n) is 7.13. The fourth-order valence-corrected chi connectivity index (χ4v) is 4.41. The van der Waals surface area contributed by atoms with E-state index in [4.69, 9.17) is 4.74 Å². The standard InChI is InChI=1S/C17H28N2O3/c1-12(11-15(20)22-2)18-7-9-19(10-8-18)17(21)16-13-5-3-4-6-14(13)16/h12-14,16H,3-11H2,1-2H3/t12-,13-,14+,16?/m1/s1. The number of methoxy groups -OCH3 is 1. The van der Waals surface area contributed by atoms with Crippen LogP contribution < -0.4 is 0 Å². The molecule has 0 bridgehead atoms. The predicted molar refractivity (Wildman–Crippen MR) is 83.2 cm³/mol. The Hall–Kier alpha value is -1.10. The Balaban J connectivity index is 1.45. The Kier molecular flexibility index (Phi) is 4.71. The highest BCUT2D eigenvalue weighted by Gasteiger charge is 2.55. The first-order valence-corrected chi connectivity index (χ1v) is 8.71. The first-order valence-electron chi connectivity index (χ1n) is 8.71. The molecule has 4 atom stereocenters. The number of hydrogen-bond donors (Lipinski definition) is 0. The second-order valence-corrected chi connectivity index (χ2v) is 7.13. The zero-order valence-electron chi connectivity index (χ0n) is 13.8. The quantitative estimate of drug-likeness (QED) is 0.739. The fraction of sp³-hybridized carbons (Fsp3) is 0.882. The van der Waals surface area contributed by atoms with Crippen LogP contribution in [-0.2, 0) is 14.3 Å². The number of carbonyl (C=O) groups excluding carboxylic acids is 2. The first-order chi connectivity index (χ1) is 10.6. The number of rotatable bonds is 4. The van der Waals surface area contributed by atoms with Crippen LogP contribution in [0.3, 0.4) is 0 Å². The number of piperazine rings is 1. The molecule has 3 rings (SSSR count). The van der Waals surface area contributed by atoms with Gasteiger partial charge in [0.15, 0.2) is 0 Å². The van der Waals surface area contributed by atoms with Gasteiger partial charge in [-0.1, -0.05) is 12.8 Å². The van der Waals surface area contributed by atoms with Crippen molar-refractivity contribution < 1.29 is 14.3 Å². The Morgan fingerprint density at radius 2 is 1.68 bits per heavy atom. The van der Waals surface area contributed by atoms with E-state index in [1.54, 1.807) is 0 Å². The third-order valence-electron chi connectivity index (χ3n) is 5.88.